The summed E-state index contributed by atoms with van der Waals surface area (Å²) < 4.78 is 7.86. The Kier molecular flexibility index (Phi) is 5.80. The van der Waals surface area contributed by atoms with Crippen LogP contribution in [0.25, 0.3) is 69.6 Å². The third-order valence-corrected chi connectivity index (χ3v) is 12.9. The topological polar surface area (TPSA) is 56.3 Å². The highest BCUT2D eigenvalue weighted by molar-refractivity contribution is 7.45. The SMILES string of the molecule is [C-]#[N+]/C(C#N)=C\c1ccc(-c2cc3sc4c5sc(-c6ccc(/C=C(\C#N)[N+]#[C-])s6)cc5sc4c3s2)s1. The molecule has 0 radical (unpaired) electrons. The second-order valence-electron chi connectivity index (χ2n) is 7.38. The van der Waals surface area contributed by atoms with Crippen molar-refractivity contribution in [3.63, 3.8) is 0 Å². The van der Waals surface area contributed by atoms with Gasteiger partial charge in [0.1, 0.15) is 0 Å². The Labute approximate surface area is 229 Å². The van der Waals surface area contributed by atoms with E-state index in [-0.39, 0.29) is 11.4 Å². The molecule has 6 aromatic rings. The molecule has 6 heterocycles. The first kappa shape index (κ1) is 22.9. The number of hydrogen-bond donors (Lipinski definition) is 0. The lowest BCUT2D eigenvalue weighted by molar-refractivity contribution is 1.51. The molecular weight excluding hydrogens is 561 g/mol. The van der Waals surface area contributed by atoms with Gasteiger partial charge in [0.2, 0.25) is 0 Å². The lowest BCUT2D eigenvalue weighted by Gasteiger charge is -1.89. The van der Waals surface area contributed by atoms with Crippen molar-refractivity contribution in [2.24, 2.45) is 0 Å². The Morgan fingerprint density at radius 1 is 0.611 bits per heavy atom. The number of nitriles is 2. The van der Waals surface area contributed by atoms with Gasteiger partial charge in [0, 0.05) is 38.7 Å². The van der Waals surface area contributed by atoms with Crippen LogP contribution in [0.4, 0.5) is 0 Å². The molecule has 0 aromatic carbocycles. The van der Waals surface area contributed by atoms with Crippen LogP contribution in [0.3, 0.4) is 0 Å². The van der Waals surface area contributed by atoms with E-state index < -0.39 is 0 Å². The average molecular weight is 569 g/mol. The van der Waals surface area contributed by atoms with Gasteiger partial charge in [-0.3, -0.25) is 0 Å². The normalized spacial score (nSPS) is 12.1. The van der Waals surface area contributed by atoms with E-state index in [0.29, 0.717) is 0 Å². The molecule has 0 fully saturated rings. The van der Waals surface area contributed by atoms with Crippen molar-refractivity contribution in [2.75, 3.05) is 0 Å². The number of nitrogens with zero attached hydrogens (tertiary/aromatic N) is 4. The maximum Gasteiger partial charge on any atom is 0.263 e. The monoisotopic (exact) mass is 568 g/mol. The van der Waals surface area contributed by atoms with Crippen LogP contribution in [-0.2, 0) is 0 Å². The van der Waals surface area contributed by atoms with Crippen molar-refractivity contribution >= 4 is 108 Å². The quantitative estimate of drug-likeness (QED) is 0.157. The lowest BCUT2D eigenvalue weighted by Crippen LogP contribution is -1.65. The molecule has 0 spiro atoms. The fourth-order valence-electron chi connectivity index (χ4n) is 3.65. The Morgan fingerprint density at radius 3 is 1.44 bits per heavy atom. The Morgan fingerprint density at radius 2 is 1.06 bits per heavy atom. The van der Waals surface area contributed by atoms with Gasteiger partial charge in [0.05, 0.1) is 44.1 Å². The molecule has 0 bridgehead atoms. The summed E-state index contributed by atoms with van der Waals surface area (Å²) in [7, 11) is 0. The number of rotatable bonds is 4. The van der Waals surface area contributed by atoms with Crippen LogP contribution in [0.5, 0.6) is 0 Å². The van der Waals surface area contributed by atoms with Crippen molar-refractivity contribution in [1.82, 2.24) is 0 Å². The Bertz CT molecular complexity index is 1870. The predicted molar refractivity (Wildman–Crippen MR) is 157 cm³/mol. The summed E-state index contributed by atoms with van der Waals surface area (Å²) in [5.74, 6) is 0. The maximum absolute atomic E-state index is 9.01. The number of hydrogen-bond acceptors (Lipinski definition) is 8. The zero-order valence-corrected chi connectivity index (χ0v) is 22.8. The molecule has 0 saturated carbocycles. The van der Waals surface area contributed by atoms with Crippen LogP contribution in [-0.4, -0.2) is 0 Å². The highest BCUT2D eigenvalue weighted by Crippen LogP contribution is 2.52. The fourth-order valence-corrected chi connectivity index (χ4v) is 11.3. The van der Waals surface area contributed by atoms with Gasteiger partial charge >= 0.3 is 0 Å². The third-order valence-electron chi connectivity index (χ3n) is 5.21. The molecule has 36 heavy (non-hydrogen) atoms. The molecule has 10 heteroatoms. The zero-order valence-electron chi connectivity index (χ0n) is 17.9. The first-order valence-corrected chi connectivity index (χ1v) is 15.1. The molecule has 0 N–H and O–H groups in total. The molecular formula is C26H8N4S6. The zero-order chi connectivity index (χ0) is 24.8. The minimum absolute atomic E-state index is 0.0980. The van der Waals surface area contributed by atoms with Crippen molar-refractivity contribution in [2.45, 2.75) is 0 Å². The second-order valence-corrected chi connectivity index (χ2v) is 13.8. The average Bonchev–Trinajstić information content (AvgIpc) is 3.70. The van der Waals surface area contributed by atoms with E-state index in [1.54, 1.807) is 57.5 Å². The molecule has 168 valence electrons. The molecule has 6 aromatic heterocycles. The summed E-state index contributed by atoms with van der Waals surface area (Å²) in [4.78, 5) is 13.0. The standard InChI is InChI=1S/C26H8N4S6/c1-29-13(11-27)7-15-3-5-17(31-15)19-9-21-23(33-19)25-26(35-21)24-22(36-25)10-20(34-24)18-6-4-16(32-18)8-14(12-28)30-2/h3-10H/b13-7-,14-8+. The van der Waals surface area contributed by atoms with E-state index in [1.165, 1.54) is 38.0 Å². The van der Waals surface area contributed by atoms with Crippen molar-refractivity contribution in [3.8, 4) is 31.6 Å². The summed E-state index contributed by atoms with van der Waals surface area (Å²) in [6.07, 6.45) is 3.28. The van der Waals surface area contributed by atoms with Crippen LogP contribution in [0, 0.1) is 35.8 Å². The Hall–Kier alpha value is -3.58. The van der Waals surface area contributed by atoms with E-state index in [2.05, 4.69) is 34.0 Å². The molecule has 0 atom stereocenters. The van der Waals surface area contributed by atoms with Gasteiger partial charge in [0.25, 0.3) is 11.4 Å². The summed E-state index contributed by atoms with van der Waals surface area (Å²) in [6.45, 7) is 14.1. The van der Waals surface area contributed by atoms with Crippen LogP contribution in [0.1, 0.15) is 9.75 Å². The van der Waals surface area contributed by atoms with Gasteiger partial charge in [-0.15, -0.1) is 68.0 Å². The smallest absolute Gasteiger partial charge is 0.227 e. The third kappa shape index (κ3) is 3.88. The minimum Gasteiger partial charge on any atom is -0.227 e. The van der Waals surface area contributed by atoms with Gasteiger partial charge in [-0.1, -0.05) is 0 Å². The molecule has 0 aliphatic heterocycles. The van der Waals surface area contributed by atoms with Gasteiger partial charge in [-0.2, -0.15) is 0 Å². The van der Waals surface area contributed by atoms with Gasteiger partial charge < -0.3 is 0 Å². The summed E-state index contributed by atoms with van der Waals surface area (Å²) in [5.41, 5.74) is 0.196. The van der Waals surface area contributed by atoms with Crippen molar-refractivity contribution < 1.29 is 0 Å². The first-order valence-electron chi connectivity index (χ1n) is 10.2. The largest absolute Gasteiger partial charge is 0.263 e. The highest BCUT2D eigenvalue weighted by Gasteiger charge is 2.19. The van der Waals surface area contributed by atoms with Gasteiger partial charge in [-0.25, -0.2) is 20.2 Å². The van der Waals surface area contributed by atoms with Crippen LogP contribution in [0.2, 0.25) is 0 Å². The molecule has 0 aliphatic carbocycles. The summed E-state index contributed by atoms with van der Waals surface area (Å²) >= 11 is 10.5. The van der Waals surface area contributed by atoms with Gasteiger partial charge in [0.15, 0.2) is 0 Å². The van der Waals surface area contributed by atoms with Gasteiger partial charge in [-0.05, 0) is 48.6 Å². The number of thiophene rings is 6. The predicted octanol–water partition coefficient (Wildman–Crippen LogP) is 10.4. The highest BCUT2D eigenvalue weighted by atomic mass is 32.1. The van der Waals surface area contributed by atoms with E-state index in [1.807, 2.05) is 46.9 Å². The molecule has 0 unspecified atom stereocenters. The van der Waals surface area contributed by atoms with Crippen LogP contribution < -0.4 is 0 Å². The molecule has 0 saturated heterocycles. The first-order chi connectivity index (χ1) is 17.6. The van der Waals surface area contributed by atoms with Crippen molar-refractivity contribution in [1.29, 1.82) is 10.5 Å². The fraction of sp³-hybridized carbons (Fsp3) is 0. The van der Waals surface area contributed by atoms with E-state index >= 15 is 0 Å². The molecule has 0 amide bonds. The van der Waals surface area contributed by atoms with E-state index in [4.69, 9.17) is 23.7 Å². The second kappa shape index (κ2) is 9.13. The molecule has 6 rings (SSSR count). The van der Waals surface area contributed by atoms with Crippen molar-refractivity contribution in [3.05, 3.63) is 80.4 Å². The molecule has 0 aliphatic rings. The number of allylic oxidation sites excluding steroid dienone is 2. The van der Waals surface area contributed by atoms with E-state index in [0.717, 1.165) is 19.5 Å². The Balaban J connectivity index is 1.35. The number of fused-ring (bicyclic) bond motifs is 5. The lowest BCUT2D eigenvalue weighted by atomic mass is 10.3. The summed E-state index contributed by atoms with van der Waals surface area (Å²) in [6, 6.07) is 16.4. The summed E-state index contributed by atoms with van der Waals surface area (Å²) in [5, 5.41) is 18.0. The van der Waals surface area contributed by atoms with Crippen LogP contribution in [0.15, 0.2) is 47.8 Å². The minimum atomic E-state index is 0.0980. The molecule has 4 nitrogen and oxygen atoms in total. The maximum atomic E-state index is 9.01. The van der Waals surface area contributed by atoms with E-state index in [9.17, 15) is 0 Å². The van der Waals surface area contributed by atoms with Crippen LogP contribution >= 0.6 is 68.0 Å².